The van der Waals surface area contributed by atoms with E-state index < -0.39 is 5.97 Å². The Morgan fingerprint density at radius 1 is 1.31 bits per heavy atom. The van der Waals surface area contributed by atoms with Crippen LogP contribution in [-0.4, -0.2) is 12.1 Å². The minimum absolute atomic E-state index is 0.120. The van der Waals surface area contributed by atoms with E-state index in [1.807, 2.05) is 6.92 Å². The van der Waals surface area contributed by atoms with Crippen molar-refractivity contribution in [1.29, 1.82) is 0 Å². The molecule has 0 amide bonds. The number of benzene rings is 1. The van der Waals surface area contributed by atoms with Gasteiger partial charge in [-0.25, -0.2) is 0 Å². The molecule has 2 heteroatoms. The molecule has 0 fully saturated rings. The van der Waals surface area contributed by atoms with Crippen LogP contribution in [0.15, 0.2) is 12.1 Å². The van der Waals surface area contributed by atoms with Gasteiger partial charge < -0.3 is 4.74 Å². The molecule has 0 heterocycles. The third-order valence-corrected chi connectivity index (χ3v) is 2.66. The van der Waals surface area contributed by atoms with Crippen LogP contribution in [0.25, 0.3) is 0 Å². The molecule has 0 saturated carbocycles. The molecule has 0 bridgehead atoms. The van der Waals surface area contributed by atoms with E-state index in [9.17, 15) is 4.79 Å². The maximum absolute atomic E-state index is 10.7. The van der Waals surface area contributed by atoms with Crippen LogP contribution in [0.4, 0.5) is 0 Å². The van der Waals surface area contributed by atoms with E-state index in [1.165, 1.54) is 22.3 Å². The van der Waals surface area contributed by atoms with Gasteiger partial charge in [0.15, 0.2) is 0 Å². The Bertz CT molecular complexity index is 371. The van der Waals surface area contributed by atoms with Gasteiger partial charge in [-0.05, 0) is 44.4 Å². The zero-order chi connectivity index (χ0) is 12.3. The predicted molar refractivity (Wildman–Crippen MR) is 65.3 cm³/mol. The van der Waals surface area contributed by atoms with Crippen molar-refractivity contribution < 1.29 is 9.53 Å². The number of aryl methyl sites for hydroxylation is 3. The molecule has 0 aliphatic carbocycles. The summed E-state index contributed by atoms with van der Waals surface area (Å²) < 4.78 is 5.04. The van der Waals surface area contributed by atoms with Crippen molar-refractivity contribution in [3.8, 4) is 0 Å². The number of hydrogen-bond acceptors (Lipinski definition) is 2. The molecule has 0 aliphatic heterocycles. The van der Waals surface area contributed by atoms with Gasteiger partial charge >= 0.3 is 5.97 Å². The third-order valence-electron chi connectivity index (χ3n) is 2.66. The highest BCUT2D eigenvalue weighted by Gasteiger charge is 2.11. The zero-order valence-electron chi connectivity index (χ0n) is 10.5. The Labute approximate surface area is 97.6 Å². The van der Waals surface area contributed by atoms with Crippen LogP contribution >= 0.6 is 0 Å². The fraction of sp³-hybridized carbons (Fsp3) is 0.429. The van der Waals surface area contributed by atoms with Crippen LogP contribution in [0.1, 0.15) is 29.2 Å². The average Bonchev–Trinajstić information content (AvgIpc) is 2.09. The van der Waals surface area contributed by atoms with Crippen LogP contribution in [0.5, 0.6) is 0 Å². The second kappa shape index (κ2) is 5.15. The first-order valence-corrected chi connectivity index (χ1v) is 5.49. The maximum Gasteiger partial charge on any atom is 0.306 e. The molecule has 1 radical (unpaired) electrons. The number of ether oxygens (including phenoxy) is 1. The summed E-state index contributed by atoms with van der Waals surface area (Å²) in [6.45, 7) is 11.4. The summed E-state index contributed by atoms with van der Waals surface area (Å²) in [5.74, 6) is -0.463. The standard InChI is InChI=1S/C14H19O2/c1-9-6-10(2)14(11(3)7-9)8-12(4)16-13(5)15/h6-7,12H,5,8H2,1-4H3. The number of esters is 1. The fourth-order valence-corrected chi connectivity index (χ4v) is 2.09. The zero-order valence-corrected chi connectivity index (χ0v) is 10.5. The van der Waals surface area contributed by atoms with E-state index in [4.69, 9.17) is 4.74 Å². The second-order valence-electron chi connectivity index (χ2n) is 4.38. The Morgan fingerprint density at radius 2 is 1.81 bits per heavy atom. The van der Waals surface area contributed by atoms with Crippen molar-refractivity contribution in [3.05, 3.63) is 41.3 Å². The summed E-state index contributed by atoms with van der Waals surface area (Å²) in [7, 11) is 0. The molecular weight excluding hydrogens is 200 g/mol. The second-order valence-corrected chi connectivity index (χ2v) is 4.38. The number of hydrogen-bond donors (Lipinski definition) is 0. The lowest BCUT2D eigenvalue weighted by atomic mass is 9.96. The van der Waals surface area contributed by atoms with E-state index in [2.05, 4.69) is 39.8 Å². The summed E-state index contributed by atoms with van der Waals surface area (Å²) in [6.07, 6.45) is 0.629. The first-order chi connectivity index (χ1) is 7.40. The summed E-state index contributed by atoms with van der Waals surface area (Å²) in [4.78, 5) is 10.7. The Balaban J connectivity index is 2.85. The van der Waals surface area contributed by atoms with Gasteiger partial charge in [0.25, 0.3) is 0 Å². The largest absolute Gasteiger partial charge is 0.462 e. The SMILES string of the molecule is [CH2]C(=O)OC(C)Cc1c(C)cc(C)cc1C. The molecule has 0 aliphatic rings. The smallest absolute Gasteiger partial charge is 0.306 e. The lowest BCUT2D eigenvalue weighted by Crippen LogP contribution is -2.16. The molecule has 16 heavy (non-hydrogen) atoms. The lowest BCUT2D eigenvalue weighted by molar-refractivity contribution is -0.142. The van der Waals surface area contributed by atoms with Crippen molar-refractivity contribution in [1.82, 2.24) is 0 Å². The molecule has 87 valence electrons. The van der Waals surface area contributed by atoms with E-state index in [-0.39, 0.29) is 6.10 Å². The average molecular weight is 219 g/mol. The van der Waals surface area contributed by atoms with Gasteiger partial charge in [-0.1, -0.05) is 17.7 Å². The molecule has 1 unspecified atom stereocenters. The number of carbonyl (C=O) groups excluding carboxylic acids is 1. The molecule has 2 nitrogen and oxygen atoms in total. The van der Waals surface area contributed by atoms with Crippen LogP contribution in [0.3, 0.4) is 0 Å². The van der Waals surface area contributed by atoms with Gasteiger partial charge in [0.05, 0.1) is 6.92 Å². The quantitative estimate of drug-likeness (QED) is 0.731. The van der Waals surface area contributed by atoms with Gasteiger partial charge in [-0.2, -0.15) is 0 Å². The maximum atomic E-state index is 10.7. The minimum Gasteiger partial charge on any atom is -0.462 e. The van der Waals surface area contributed by atoms with Crippen molar-refractivity contribution in [2.24, 2.45) is 0 Å². The molecule has 1 atom stereocenters. The van der Waals surface area contributed by atoms with Gasteiger partial charge in [-0.3, -0.25) is 4.79 Å². The normalized spacial score (nSPS) is 12.3. The molecule has 0 N–H and O–H groups in total. The highest BCUT2D eigenvalue weighted by Crippen LogP contribution is 2.18. The van der Waals surface area contributed by atoms with Crippen molar-refractivity contribution >= 4 is 5.97 Å². The monoisotopic (exact) mass is 219 g/mol. The van der Waals surface area contributed by atoms with Crippen molar-refractivity contribution in [2.75, 3.05) is 0 Å². The van der Waals surface area contributed by atoms with Crippen LogP contribution in [0, 0.1) is 27.7 Å². The van der Waals surface area contributed by atoms with Crippen LogP contribution in [-0.2, 0) is 16.0 Å². The fourth-order valence-electron chi connectivity index (χ4n) is 2.09. The van der Waals surface area contributed by atoms with Gasteiger partial charge in [-0.15, -0.1) is 0 Å². The molecule has 1 aromatic rings. The number of rotatable bonds is 3. The van der Waals surface area contributed by atoms with E-state index in [0.29, 0.717) is 0 Å². The third kappa shape index (κ3) is 3.37. The van der Waals surface area contributed by atoms with Gasteiger partial charge in [0, 0.05) is 6.42 Å². The van der Waals surface area contributed by atoms with Crippen LogP contribution < -0.4 is 0 Å². The Hall–Kier alpha value is -1.31. The van der Waals surface area contributed by atoms with E-state index in [0.717, 1.165) is 6.42 Å². The highest BCUT2D eigenvalue weighted by molar-refractivity contribution is 5.73. The molecular formula is C14H19O2. The van der Waals surface area contributed by atoms with E-state index >= 15 is 0 Å². The number of carbonyl (C=O) groups is 1. The Morgan fingerprint density at radius 3 is 2.25 bits per heavy atom. The highest BCUT2D eigenvalue weighted by atomic mass is 16.5. The summed E-state index contributed by atoms with van der Waals surface area (Å²) in [5, 5.41) is 0. The minimum atomic E-state index is -0.463. The lowest BCUT2D eigenvalue weighted by Gasteiger charge is -2.16. The molecule has 0 aromatic heterocycles. The first-order valence-electron chi connectivity index (χ1n) is 5.49. The molecule has 0 spiro atoms. The van der Waals surface area contributed by atoms with Gasteiger partial charge in [0.1, 0.15) is 6.10 Å². The molecule has 0 saturated heterocycles. The summed E-state index contributed by atoms with van der Waals surface area (Å²) >= 11 is 0. The van der Waals surface area contributed by atoms with Crippen molar-refractivity contribution in [2.45, 2.75) is 40.2 Å². The van der Waals surface area contributed by atoms with Gasteiger partial charge in [0.2, 0.25) is 0 Å². The summed E-state index contributed by atoms with van der Waals surface area (Å²) in [6, 6.07) is 4.31. The van der Waals surface area contributed by atoms with Crippen molar-refractivity contribution in [3.63, 3.8) is 0 Å². The predicted octanol–water partition coefficient (Wildman–Crippen LogP) is 2.92. The van der Waals surface area contributed by atoms with E-state index in [1.54, 1.807) is 0 Å². The molecule has 1 aromatic carbocycles. The summed E-state index contributed by atoms with van der Waals surface area (Å²) in [5.41, 5.74) is 5.04. The molecule has 1 rings (SSSR count). The topological polar surface area (TPSA) is 26.3 Å². The van der Waals surface area contributed by atoms with Crippen LogP contribution in [0.2, 0.25) is 0 Å². The Kier molecular flexibility index (Phi) is 4.11. The first kappa shape index (κ1) is 12.8.